The highest BCUT2D eigenvalue weighted by Crippen LogP contribution is 2.21. The number of rotatable bonds is 4. The van der Waals surface area contributed by atoms with Gasteiger partial charge in [-0.05, 0) is 30.0 Å². The molecule has 0 fully saturated rings. The van der Waals surface area contributed by atoms with Gasteiger partial charge in [0.15, 0.2) is 0 Å². The Morgan fingerprint density at radius 3 is 2.56 bits per heavy atom. The fourth-order valence-electron chi connectivity index (χ4n) is 2.70. The molecule has 2 aromatic rings. The standard InChI is InChI=1S/C15H19N3/c1-18-9-7-14(17-18)6-8-16-15-10-12-4-2-3-5-13(12)11-15/h2-5,7,9,15-16H,6,8,10-11H2,1H3. The Kier molecular flexibility index (Phi) is 3.15. The van der Waals surface area contributed by atoms with E-state index in [2.05, 4.69) is 40.7 Å². The van der Waals surface area contributed by atoms with Crippen LogP contribution in [0.1, 0.15) is 16.8 Å². The summed E-state index contributed by atoms with van der Waals surface area (Å²) < 4.78 is 1.86. The van der Waals surface area contributed by atoms with Crippen LogP contribution in [0.3, 0.4) is 0 Å². The summed E-state index contributed by atoms with van der Waals surface area (Å²) in [6, 6.07) is 11.5. The average Bonchev–Trinajstić information content (AvgIpc) is 2.95. The number of hydrogen-bond acceptors (Lipinski definition) is 2. The molecule has 1 aromatic heterocycles. The van der Waals surface area contributed by atoms with Gasteiger partial charge in [0.1, 0.15) is 0 Å². The van der Waals surface area contributed by atoms with E-state index in [-0.39, 0.29) is 0 Å². The van der Waals surface area contributed by atoms with Crippen LogP contribution in [-0.2, 0) is 26.3 Å². The van der Waals surface area contributed by atoms with Crippen molar-refractivity contribution in [3.05, 3.63) is 53.3 Å². The van der Waals surface area contributed by atoms with Gasteiger partial charge in [-0.25, -0.2) is 0 Å². The van der Waals surface area contributed by atoms with Crippen molar-refractivity contribution < 1.29 is 0 Å². The molecule has 0 radical (unpaired) electrons. The zero-order valence-corrected chi connectivity index (χ0v) is 10.8. The van der Waals surface area contributed by atoms with Crippen LogP contribution in [0.15, 0.2) is 36.5 Å². The van der Waals surface area contributed by atoms with Crippen LogP contribution >= 0.6 is 0 Å². The van der Waals surface area contributed by atoms with E-state index < -0.39 is 0 Å². The summed E-state index contributed by atoms with van der Waals surface area (Å²) in [5.41, 5.74) is 4.18. The number of nitrogens with zero attached hydrogens (tertiary/aromatic N) is 2. The van der Waals surface area contributed by atoms with Crippen LogP contribution in [0.2, 0.25) is 0 Å². The van der Waals surface area contributed by atoms with E-state index in [0.717, 1.165) is 13.0 Å². The third-order valence-corrected chi connectivity index (χ3v) is 3.63. The first-order chi connectivity index (χ1) is 8.81. The first-order valence-corrected chi connectivity index (χ1v) is 6.60. The van der Waals surface area contributed by atoms with Gasteiger partial charge in [0.05, 0.1) is 5.69 Å². The molecule has 0 saturated heterocycles. The quantitative estimate of drug-likeness (QED) is 0.883. The van der Waals surface area contributed by atoms with Crippen molar-refractivity contribution in [2.45, 2.75) is 25.3 Å². The molecular formula is C15H19N3. The van der Waals surface area contributed by atoms with Crippen molar-refractivity contribution in [1.29, 1.82) is 0 Å². The number of aromatic nitrogens is 2. The van der Waals surface area contributed by atoms with Crippen LogP contribution in [0, 0.1) is 0 Å². The van der Waals surface area contributed by atoms with Crippen molar-refractivity contribution in [2.75, 3.05) is 6.54 Å². The lowest BCUT2D eigenvalue weighted by molar-refractivity contribution is 0.533. The Bertz CT molecular complexity index is 505. The lowest BCUT2D eigenvalue weighted by atomic mass is 10.1. The molecule has 1 aliphatic rings. The predicted octanol–water partition coefficient (Wildman–Crippen LogP) is 1.72. The molecule has 0 atom stereocenters. The summed E-state index contributed by atoms with van der Waals surface area (Å²) in [5.74, 6) is 0. The fourth-order valence-corrected chi connectivity index (χ4v) is 2.70. The second-order valence-electron chi connectivity index (χ2n) is 5.06. The third kappa shape index (κ3) is 2.46. The molecule has 0 amide bonds. The van der Waals surface area contributed by atoms with E-state index in [1.165, 1.54) is 29.7 Å². The zero-order chi connectivity index (χ0) is 12.4. The molecule has 3 heteroatoms. The van der Waals surface area contributed by atoms with E-state index in [4.69, 9.17) is 0 Å². The van der Waals surface area contributed by atoms with Crippen LogP contribution < -0.4 is 5.32 Å². The molecule has 1 aromatic carbocycles. The Balaban J connectivity index is 1.48. The highest BCUT2D eigenvalue weighted by molar-refractivity contribution is 5.33. The molecule has 0 spiro atoms. The van der Waals surface area contributed by atoms with Gasteiger partial charge in [0, 0.05) is 32.3 Å². The van der Waals surface area contributed by atoms with Gasteiger partial charge < -0.3 is 5.32 Å². The average molecular weight is 241 g/mol. The smallest absolute Gasteiger partial charge is 0.0637 e. The van der Waals surface area contributed by atoms with E-state index >= 15 is 0 Å². The van der Waals surface area contributed by atoms with Gasteiger partial charge in [-0.1, -0.05) is 24.3 Å². The van der Waals surface area contributed by atoms with Crippen LogP contribution in [0.5, 0.6) is 0 Å². The molecule has 18 heavy (non-hydrogen) atoms. The maximum Gasteiger partial charge on any atom is 0.0637 e. The molecular weight excluding hydrogens is 222 g/mol. The molecule has 3 nitrogen and oxygen atoms in total. The minimum absolute atomic E-state index is 0.603. The lowest BCUT2D eigenvalue weighted by Gasteiger charge is -2.10. The molecule has 1 heterocycles. The summed E-state index contributed by atoms with van der Waals surface area (Å²) in [5, 5.41) is 8.03. The monoisotopic (exact) mass is 241 g/mol. The Hall–Kier alpha value is -1.61. The van der Waals surface area contributed by atoms with Gasteiger partial charge in [-0.3, -0.25) is 4.68 Å². The van der Waals surface area contributed by atoms with Gasteiger partial charge in [0.25, 0.3) is 0 Å². The maximum absolute atomic E-state index is 4.39. The topological polar surface area (TPSA) is 29.9 Å². The first-order valence-electron chi connectivity index (χ1n) is 6.60. The van der Waals surface area contributed by atoms with Gasteiger partial charge in [0.2, 0.25) is 0 Å². The first kappa shape index (κ1) is 11.5. The summed E-state index contributed by atoms with van der Waals surface area (Å²) >= 11 is 0. The second kappa shape index (κ2) is 4.94. The minimum atomic E-state index is 0.603. The molecule has 0 bridgehead atoms. The molecule has 0 aliphatic heterocycles. The van der Waals surface area contributed by atoms with Crippen LogP contribution in [-0.4, -0.2) is 22.4 Å². The SMILES string of the molecule is Cn1ccc(CCNC2Cc3ccccc3C2)n1. The highest BCUT2D eigenvalue weighted by Gasteiger charge is 2.19. The summed E-state index contributed by atoms with van der Waals surface area (Å²) in [4.78, 5) is 0. The van der Waals surface area contributed by atoms with Gasteiger partial charge in [-0.2, -0.15) is 5.10 Å². The second-order valence-corrected chi connectivity index (χ2v) is 5.06. The molecule has 0 saturated carbocycles. The molecule has 1 aliphatic carbocycles. The Morgan fingerprint density at radius 1 is 1.22 bits per heavy atom. The molecule has 94 valence electrons. The van der Waals surface area contributed by atoms with E-state index in [9.17, 15) is 0 Å². The van der Waals surface area contributed by atoms with E-state index in [1.54, 1.807) is 0 Å². The third-order valence-electron chi connectivity index (χ3n) is 3.63. The predicted molar refractivity (Wildman–Crippen MR) is 72.6 cm³/mol. The van der Waals surface area contributed by atoms with Crippen LogP contribution in [0.4, 0.5) is 0 Å². The zero-order valence-electron chi connectivity index (χ0n) is 10.8. The molecule has 3 rings (SSSR count). The van der Waals surface area contributed by atoms with Gasteiger partial charge in [-0.15, -0.1) is 0 Å². The minimum Gasteiger partial charge on any atom is -0.313 e. The largest absolute Gasteiger partial charge is 0.313 e. The van der Waals surface area contributed by atoms with Crippen molar-refractivity contribution in [3.63, 3.8) is 0 Å². The number of nitrogens with one attached hydrogen (secondary N) is 1. The number of hydrogen-bond donors (Lipinski definition) is 1. The van der Waals surface area contributed by atoms with Gasteiger partial charge >= 0.3 is 0 Å². The number of fused-ring (bicyclic) bond motifs is 1. The van der Waals surface area contributed by atoms with Crippen molar-refractivity contribution >= 4 is 0 Å². The number of aryl methyl sites for hydroxylation is 1. The van der Waals surface area contributed by atoms with E-state index in [1.807, 2.05) is 17.9 Å². The summed E-state index contributed by atoms with van der Waals surface area (Å²) in [6.45, 7) is 1.01. The molecule has 0 unspecified atom stereocenters. The van der Waals surface area contributed by atoms with Crippen molar-refractivity contribution in [1.82, 2.24) is 15.1 Å². The fraction of sp³-hybridized carbons (Fsp3) is 0.400. The van der Waals surface area contributed by atoms with E-state index in [0.29, 0.717) is 6.04 Å². The number of benzene rings is 1. The maximum atomic E-state index is 4.39. The highest BCUT2D eigenvalue weighted by atomic mass is 15.2. The Labute approximate surface area is 108 Å². The Morgan fingerprint density at radius 2 is 1.94 bits per heavy atom. The summed E-state index contributed by atoms with van der Waals surface area (Å²) in [6.07, 6.45) is 5.34. The lowest BCUT2D eigenvalue weighted by Crippen LogP contribution is -2.31. The van der Waals surface area contributed by atoms with Crippen LogP contribution in [0.25, 0.3) is 0 Å². The normalized spacial score (nSPS) is 14.9. The molecule has 1 N–H and O–H groups in total. The summed E-state index contributed by atoms with van der Waals surface area (Å²) in [7, 11) is 1.96. The van der Waals surface area contributed by atoms with Crippen molar-refractivity contribution in [2.24, 2.45) is 7.05 Å². The van der Waals surface area contributed by atoms with Crippen molar-refractivity contribution in [3.8, 4) is 0 Å².